The van der Waals surface area contributed by atoms with Crippen LogP contribution in [0.25, 0.3) is 6.08 Å². The molecule has 0 bridgehead atoms. The van der Waals surface area contributed by atoms with Crippen molar-refractivity contribution in [3.63, 3.8) is 0 Å². The van der Waals surface area contributed by atoms with E-state index >= 15 is 0 Å². The Labute approximate surface area is 221 Å². The largest absolute Gasteiger partial charge is 0.369 e. The average Bonchev–Trinajstić information content (AvgIpc) is 2.92. The summed E-state index contributed by atoms with van der Waals surface area (Å²) in [5.74, 6) is -0.538. The molecule has 0 unspecified atom stereocenters. The maximum absolute atomic E-state index is 13.6. The Kier molecular flexibility index (Phi) is 7.15. The number of thioether (sulfide) groups is 1. The van der Waals surface area contributed by atoms with E-state index in [-0.39, 0.29) is 23.6 Å². The molecule has 5 rings (SSSR count). The highest BCUT2D eigenvalue weighted by atomic mass is 32.2. The summed E-state index contributed by atoms with van der Waals surface area (Å²) < 4.78 is 0. The highest BCUT2D eigenvalue weighted by Crippen LogP contribution is 2.42. The standard InChI is InChI=1S/C30H29N3O3S/c1-20-6-8-22(9-7-20)19-33-25-4-2-3-5-26(25)37-27(30(33)36)18-21-10-12-24(13-11-21)29(35)32-16-14-23(15-17-32)28(31)34/h2-13,18,23H,14-17,19H2,1H3,(H2,31,34)/b27-18+. The molecule has 3 aromatic rings. The number of nitrogens with zero attached hydrogens (tertiary/aromatic N) is 2. The number of likely N-dealkylation sites (tertiary alicyclic amines) is 1. The smallest absolute Gasteiger partial charge is 0.265 e. The number of nitrogens with two attached hydrogens (primary N) is 1. The van der Waals surface area contributed by atoms with Crippen molar-refractivity contribution in [1.82, 2.24) is 4.90 Å². The Balaban J connectivity index is 1.34. The van der Waals surface area contributed by atoms with Gasteiger partial charge >= 0.3 is 0 Å². The first-order valence-corrected chi connectivity index (χ1v) is 13.3. The molecule has 1 saturated heterocycles. The number of carbonyl (C=O) groups excluding carboxylic acids is 3. The van der Waals surface area contributed by atoms with E-state index in [2.05, 4.69) is 24.3 Å². The van der Waals surface area contributed by atoms with E-state index in [1.54, 1.807) is 17.0 Å². The van der Waals surface area contributed by atoms with Crippen LogP contribution in [0.1, 0.15) is 39.9 Å². The number of fused-ring (bicyclic) bond motifs is 1. The number of hydrogen-bond acceptors (Lipinski definition) is 4. The molecule has 6 nitrogen and oxygen atoms in total. The summed E-state index contributed by atoms with van der Waals surface area (Å²) in [5, 5.41) is 0. The summed E-state index contributed by atoms with van der Waals surface area (Å²) in [6.07, 6.45) is 3.09. The molecule has 2 N–H and O–H groups in total. The molecule has 0 radical (unpaired) electrons. The number of amides is 3. The van der Waals surface area contributed by atoms with Gasteiger partial charge in [0, 0.05) is 29.5 Å². The molecule has 7 heteroatoms. The summed E-state index contributed by atoms with van der Waals surface area (Å²) in [4.78, 5) is 43.2. The van der Waals surface area contributed by atoms with Crippen LogP contribution in [0.5, 0.6) is 0 Å². The van der Waals surface area contributed by atoms with Crippen LogP contribution in [0.15, 0.2) is 82.6 Å². The molecule has 1 fully saturated rings. The maximum atomic E-state index is 13.6. The van der Waals surface area contributed by atoms with E-state index in [0.29, 0.717) is 42.9 Å². The lowest BCUT2D eigenvalue weighted by molar-refractivity contribution is -0.123. The van der Waals surface area contributed by atoms with Crippen molar-refractivity contribution >= 4 is 41.2 Å². The van der Waals surface area contributed by atoms with E-state index < -0.39 is 0 Å². The van der Waals surface area contributed by atoms with E-state index in [4.69, 9.17) is 5.73 Å². The second kappa shape index (κ2) is 10.6. The van der Waals surface area contributed by atoms with E-state index in [1.165, 1.54) is 17.3 Å². The van der Waals surface area contributed by atoms with E-state index in [1.807, 2.05) is 54.3 Å². The summed E-state index contributed by atoms with van der Waals surface area (Å²) in [6.45, 7) is 3.60. The van der Waals surface area contributed by atoms with Gasteiger partial charge in [0.15, 0.2) is 0 Å². The van der Waals surface area contributed by atoms with Crippen LogP contribution in [-0.2, 0) is 16.1 Å². The fourth-order valence-electron chi connectivity index (χ4n) is 4.72. The fourth-order valence-corrected chi connectivity index (χ4v) is 5.78. The van der Waals surface area contributed by atoms with Crippen molar-refractivity contribution < 1.29 is 14.4 Å². The molecule has 0 atom stereocenters. The highest BCUT2D eigenvalue weighted by Gasteiger charge is 2.29. The average molecular weight is 512 g/mol. The number of carbonyl (C=O) groups is 3. The molecule has 0 aliphatic carbocycles. The number of hydrogen-bond donors (Lipinski definition) is 1. The highest BCUT2D eigenvalue weighted by molar-refractivity contribution is 8.04. The van der Waals surface area contributed by atoms with Gasteiger partial charge in [0.1, 0.15) is 0 Å². The second-order valence-electron chi connectivity index (χ2n) is 9.55. The SMILES string of the molecule is Cc1ccc(CN2C(=O)/C(=C\c3ccc(C(=O)N4CCC(C(N)=O)CC4)cc3)Sc3ccccc32)cc1. The van der Waals surface area contributed by atoms with Crippen molar-refractivity contribution in [3.05, 3.63) is 100.0 Å². The zero-order chi connectivity index (χ0) is 25.9. The number of anilines is 1. The number of benzene rings is 3. The minimum atomic E-state index is -0.292. The Morgan fingerprint density at radius 2 is 1.65 bits per heavy atom. The fraction of sp³-hybridized carbons (Fsp3) is 0.233. The molecule has 0 spiro atoms. The zero-order valence-electron chi connectivity index (χ0n) is 20.7. The number of aryl methyl sites for hydroxylation is 1. The van der Waals surface area contributed by atoms with Crippen LogP contribution < -0.4 is 10.6 Å². The lowest BCUT2D eigenvalue weighted by Gasteiger charge is -2.31. The third kappa shape index (κ3) is 5.47. The first kappa shape index (κ1) is 24.8. The van der Waals surface area contributed by atoms with Crippen LogP contribution in [0.4, 0.5) is 5.69 Å². The van der Waals surface area contributed by atoms with Gasteiger partial charge in [0.25, 0.3) is 11.8 Å². The number of para-hydroxylation sites is 1. The monoisotopic (exact) mass is 511 g/mol. The molecular weight excluding hydrogens is 482 g/mol. The molecule has 37 heavy (non-hydrogen) atoms. The molecule has 2 heterocycles. The van der Waals surface area contributed by atoms with Crippen LogP contribution in [0, 0.1) is 12.8 Å². The van der Waals surface area contributed by atoms with Crippen molar-refractivity contribution in [1.29, 1.82) is 0 Å². The molecule has 0 aromatic heterocycles. The molecule has 2 aliphatic rings. The first-order valence-electron chi connectivity index (χ1n) is 12.4. The van der Waals surface area contributed by atoms with Gasteiger partial charge in [-0.15, -0.1) is 0 Å². The molecule has 3 amide bonds. The van der Waals surface area contributed by atoms with Crippen LogP contribution in [0.3, 0.4) is 0 Å². The third-order valence-electron chi connectivity index (χ3n) is 6.93. The molecule has 0 saturated carbocycles. The van der Waals surface area contributed by atoms with Gasteiger partial charge in [-0.3, -0.25) is 14.4 Å². The van der Waals surface area contributed by atoms with Gasteiger partial charge < -0.3 is 15.5 Å². The van der Waals surface area contributed by atoms with Crippen molar-refractivity contribution in [3.8, 4) is 0 Å². The summed E-state index contributed by atoms with van der Waals surface area (Å²) in [7, 11) is 0. The van der Waals surface area contributed by atoms with Crippen LogP contribution in [-0.4, -0.2) is 35.7 Å². The Bertz CT molecular complexity index is 1360. The van der Waals surface area contributed by atoms with E-state index in [9.17, 15) is 14.4 Å². The van der Waals surface area contributed by atoms with Gasteiger partial charge in [0.2, 0.25) is 5.91 Å². The first-order chi connectivity index (χ1) is 17.9. The normalized spacial score (nSPS) is 17.1. The number of piperidine rings is 1. The van der Waals surface area contributed by atoms with Gasteiger partial charge in [-0.25, -0.2) is 0 Å². The van der Waals surface area contributed by atoms with Gasteiger partial charge in [-0.05, 0) is 61.2 Å². The van der Waals surface area contributed by atoms with Crippen molar-refractivity contribution in [2.24, 2.45) is 11.7 Å². The third-order valence-corrected chi connectivity index (χ3v) is 8.01. The Hall–Kier alpha value is -3.84. The molecule has 2 aliphatic heterocycles. The molecule has 3 aromatic carbocycles. The van der Waals surface area contributed by atoms with Crippen molar-refractivity contribution in [2.45, 2.75) is 31.2 Å². The number of rotatable bonds is 5. The predicted octanol–water partition coefficient (Wildman–Crippen LogP) is 5.01. The van der Waals surface area contributed by atoms with Crippen LogP contribution in [0.2, 0.25) is 0 Å². The predicted molar refractivity (Wildman–Crippen MR) is 147 cm³/mol. The molecule has 188 valence electrons. The summed E-state index contributed by atoms with van der Waals surface area (Å²) in [5.41, 5.74) is 10.0. The van der Waals surface area contributed by atoms with Gasteiger partial charge in [-0.1, -0.05) is 65.9 Å². The quantitative estimate of drug-likeness (QED) is 0.488. The van der Waals surface area contributed by atoms with E-state index in [0.717, 1.165) is 21.7 Å². The summed E-state index contributed by atoms with van der Waals surface area (Å²) in [6, 6.07) is 23.5. The Morgan fingerprint density at radius 3 is 2.32 bits per heavy atom. The lowest BCUT2D eigenvalue weighted by atomic mass is 9.96. The number of primary amides is 1. The summed E-state index contributed by atoms with van der Waals surface area (Å²) >= 11 is 1.47. The second-order valence-corrected chi connectivity index (χ2v) is 10.6. The lowest BCUT2D eigenvalue weighted by Crippen LogP contribution is -2.41. The van der Waals surface area contributed by atoms with Gasteiger partial charge in [0.05, 0.1) is 17.1 Å². The van der Waals surface area contributed by atoms with Crippen molar-refractivity contribution in [2.75, 3.05) is 18.0 Å². The Morgan fingerprint density at radius 1 is 0.973 bits per heavy atom. The minimum absolute atomic E-state index is 0.0400. The maximum Gasteiger partial charge on any atom is 0.265 e. The van der Waals surface area contributed by atoms with Gasteiger partial charge in [-0.2, -0.15) is 0 Å². The topological polar surface area (TPSA) is 83.7 Å². The van der Waals surface area contributed by atoms with Crippen LogP contribution >= 0.6 is 11.8 Å². The zero-order valence-corrected chi connectivity index (χ0v) is 21.5. The minimum Gasteiger partial charge on any atom is -0.369 e. The molecular formula is C30H29N3O3S.